The van der Waals surface area contributed by atoms with Crippen LogP contribution in [0.5, 0.6) is 11.5 Å². The molecule has 24 heavy (non-hydrogen) atoms. The van der Waals surface area contributed by atoms with Gasteiger partial charge >= 0.3 is 6.36 Å². The Bertz CT molecular complexity index is 671. The van der Waals surface area contributed by atoms with E-state index in [-0.39, 0.29) is 5.75 Å². The topological polar surface area (TPSA) is 64.5 Å². The molecule has 0 fully saturated rings. The normalized spacial score (nSPS) is 14.5. The molecule has 2 rings (SSSR count). The Balaban J connectivity index is 2.17. The average molecular weight is 340 g/mol. The number of hydrogen-bond acceptors (Lipinski definition) is 5. The molecule has 0 amide bonds. The van der Waals surface area contributed by atoms with Crippen LogP contribution in [-0.2, 0) is 5.60 Å². The second-order valence-electron chi connectivity index (χ2n) is 5.67. The van der Waals surface area contributed by atoms with Gasteiger partial charge in [-0.05, 0) is 45.0 Å². The summed E-state index contributed by atoms with van der Waals surface area (Å²) in [5.41, 5.74) is -2.20. The van der Waals surface area contributed by atoms with E-state index in [4.69, 9.17) is 4.74 Å². The lowest BCUT2D eigenvalue weighted by atomic mass is 9.82. The molecule has 5 nitrogen and oxygen atoms in total. The molecule has 2 aromatic rings. The van der Waals surface area contributed by atoms with Gasteiger partial charge in [-0.1, -0.05) is 0 Å². The van der Waals surface area contributed by atoms with E-state index < -0.39 is 23.3 Å². The van der Waals surface area contributed by atoms with Gasteiger partial charge in [0.05, 0.1) is 0 Å². The number of rotatable bonds is 5. The van der Waals surface area contributed by atoms with Crippen molar-refractivity contribution in [3.05, 3.63) is 48.5 Å². The van der Waals surface area contributed by atoms with Gasteiger partial charge in [0.25, 0.3) is 0 Å². The summed E-state index contributed by atoms with van der Waals surface area (Å²) in [4.78, 5) is 7.71. The van der Waals surface area contributed by atoms with Crippen molar-refractivity contribution in [1.82, 2.24) is 9.97 Å². The summed E-state index contributed by atoms with van der Waals surface area (Å²) < 4.78 is 45.8. The lowest BCUT2D eigenvalue weighted by Gasteiger charge is -2.39. The molecule has 1 N–H and O–H groups in total. The summed E-state index contributed by atoms with van der Waals surface area (Å²) in [6, 6.07) is 6.93. The minimum Gasteiger partial charge on any atom is -0.476 e. The van der Waals surface area contributed by atoms with Crippen LogP contribution in [0.15, 0.2) is 30.9 Å². The number of alkyl halides is 3. The van der Waals surface area contributed by atoms with Gasteiger partial charge in [-0.2, -0.15) is 0 Å². The van der Waals surface area contributed by atoms with Gasteiger partial charge in [0.15, 0.2) is 11.5 Å². The summed E-state index contributed by atoms with van der Waals surface area (Å²) >= 11 is 0. The van der Waals surface area contributed by atoms with E-state index in [0.717, 1.165) is 6.07 Å². The zero-order valence-electron chi connectivity index (χ0n) is 13.2. The van der Waals surface area contributed by atoms with Gasteiger partial charge in [0.2, 0.25) is 0 Å². The first-order chi connectivity index (χ1) is 11.0. The molecular weight excluding hydrogens is 325 g/mol. The molecule has 128 valence electrons. The van der Waals surface area contributed by atoms with E-state index in [2.05, 4.69) is 26.8 Å². The zero-order chi connectivity index (χ0) is 18.0. The van der Waals surface area contributed by atoms with Crippen LogP contribution in [0.3, 0.4) is 0 Å². The Morgan fingerprint density at radius 1 is 0.958 bits per heavy atom. The lowest BCUT2D eigenvalue weighted by molar-refractivity contribution is -0.274. The highest BCUT2D eigenvalue weighted by Gasteiger charge is 2.43. The molecule has 0 radical (unpaired) electrons. The molecule has 0 bridgehead atoms. The fraction of sp³-hybridized carbons (Fsp3) is 0.375. The van der Waals surface area contributed by atoms with Crippen LogP contribution in [0, 0.1) is 12.1 Å². The van der Waals surface area contributed by atoms with E-state index in [1.165, 1.54) is 31.7 Å². The predicted molar refractivity (Wildman–Crippen MR) is 77.1 cm³/mol. The maximum atomic E-state index is 12.1. The van der Waals surface area contributed by atoms with Crippen molar-refractivity contribution < 1.29 is 27.8 Å². The zero-order valence-corrected chi connectivity index (χ0v) is 13.2. The number of aromatic nitrogens is 2. The summed E-state index contributed by atoms with van der Waals surface area (Å²) in [6.07, 6.45) is -0.569. The van der Waals surface area contributed by atoms with Crippen molar-refractivity contribution in [2.45, 2.75) is 38.3 Å². The van der Waals surface area contributed by atoms with E-state index in [9.17, 15) is 18.3 Å². The monoisotopic (exact) mass is 340 g/mol. The maximum absolute atomic E-state index is 12.1. The van der Waals surface area contributed by atoms with Crippen molar-refractivity contribution in [2.24, 2.45) is 0 Å². The minimum absolute atomic E-state index is 0.103. The van der Waals surface area contributed by atoms with Gasteiger partial charge in [-0.25, -0.2) is 9.97 Å². The molecule has 0 saturated carbocycles. The Morgan fingerprint density at radius 3 is 1.92 bits per heavy atom. The van der Waals surface area contributed by atoms with Gasteiger partial charge in [0, 0.05) is 18.0 Å². The maximum Gasteiger partial charge on any atom is 0.573 e. The van der Waals surface area contributed by atoms with Crippen LogP contribution in [0.1, 0.15) is 26.3 Å². The SMILES string of the molecule is CC(C)(Oc1c#cc(OC(F)(F)F)cc1)C(C)(O)c1cncnc1. The molecular formula is C16H15F3N2O3. The van der Waals surface area contributed by atoms with Crippen molar-refractivity contribution in [2.75, 3.05) is 0 Å². The fourth-order valence-corrected chi connectivity index (χ4v) is 1.87. The third-order valence-electron chi connectivity index (χ3n) is 3.58. The van der Waals surface area contributed by atoms with Crippen LogP contribution in [0.4, 0.5) is 13.2 Å². The first kappa shape index (κ1) is 17.8. The van der Waals surface area contributed by atoms with E-state index in [1.54, 1.807) is 13.8 Å². The standard InChI is InChI=1S/C16H15F3N2O3/c1-14(2,15(3,22)11-8-20-10-21-9-11)23-12-4-6-13(7-5-12)24-16(17,18)19/h4,6,8-10,22H,1-3H3. The molecule has 0 saturated heterocycles. The first-order valence-corrected chi connectivity index (χ1v) is 6.88. The predicted octanol–water partition coefficient (Wildman–Crippen LogP) is 3.04. The molecule has 8 heteroatoms. The molecule has 0 aliphatic rings. The fourth-order valence-electron chi connectivity index (χ4n) is 1.87. The molecule has 0 aliphatic heterocycles. The Morgan fingerprint density at radius 2 is 1.46 bits per heavy atom. The van der Waals surface area contributed by atoms with Crippen LogP contribution in [0.25, 0.3) is 0 Å². The highest BCUT2D eigenvalue weighted by atomic mass is 19.4. The molecule has 0 aliphatic carbocycles. The summed E-state index contributed by atoms with van der Waals surface area (Å²) in [6.45, 7) is 4.76. The van der Waals surface area contributed by atoms with Crippen LogP contribution in [-0.4, -0.2) is 27.0 Å². The number of aliphatic hydroxyl groups is 1. The van der Waals surface area contributed by atoms with Gasteiger partial charge in [-0.3, -0.25) is 0 Å². The molecule has 1 unspecified atom stereocenters. The van der Waals surface area contributed by atoms with E-state index in [1.807, 2.05) is 0 Å². The average Bonchev–Trinajstić information content (AvgIpc) is 2.48. The van der Waals surface area contributed by atoms with E-state index >= 15 is 0 Å². The third-order valence-corrected chi connectivity index (χ3v) is 3.58. The number of nitrogens with zero attached hydrogens (tertiary/aromatic N) is 2. The largest absolute Gasteiger partial charge is 0.573 e. The van der Waals surface area contributed by atoms with Crippen LogP contribution < -0.4 is 9.47 Å². The smallest absolute Gasteiger partial charge is 0.476 e. The summed E-state index contributed by atoms with van der Waals surface area (Å²) in [5.74, 6) is -0.428. The van der Waals surface area contributed by atoms with Crippen molar-refractivity contribution >= 4 is 0 Å². The molecule has 1 aromatic heterocycles. The quantitative estimate of drug-likeness (QED) is 0.906. The van der Waals surface area contributed by atoms with Gasteiger partial charge in [0.1, 0.15) is 17.5 Å². The molecule has 1 heterocycles. The van der Waals surface area contributed by atoms with Crippen LogP contribution in [0.2, 0.25) is 0 Å². The van der Waals surface area contributed by atoms with Crippen molar-refractivity contribution in [3.63, 3.8) is 0 Å². The molecule has 1 atom stereocenters. The molecule has 0 spiro atoms. The Kier molecular flexibility index (Phi) is 4.58. The lowest BCUT2D eigenvalue weighted by Crippen LogP contribution is -2.49. The van der Waals surface area contributed by atoms with Crippen LogP contribution >= 0.6 is 0 Å². The van der Waals surface area contributed by atoms with Crippen molar-refractivity contribution in [1.29, 1.82) is 0 Å². The Hall–Kier alpha value is -2.53. The second-order valence-corrected chi connectivity index (χ2v) is 5.67. The summed E-state index contributed by atoms with van der Waals surface area (Å²) in [5, 5.41) is 10.8. The summed E-state index contributed by atoms with van der Waals surface area (Å²) in [7, 11) is 0. The minimum atomic E-state index is -4.80. The highest BCUT2D eigenvalue weighted by molar-refractivity contribution is 5.26. The first-order valence-electron chi connectivity index (χ1n) is 6.88. The van der Waals surface area contributed by atoms with Gasteiger partial charge < -0.3 is 14.6 Å². The number of halogens is 3. The third kappa shape index (κ3) is 4.06. The number of hydrogen-bond donors (Lipinski definition) is 1. The highest BCUT2D eigenvalue weighted by Crippen LogP contribution is 2.35. The number of ether oxygens (including phenoxy) is 2. The van der Waals surface area contributed by atoms with E-state index in [0.29, 0.717) is 5.56 Å². The second kappa shape index (κ2) is 6.17. The van der Waals surface area contributed by atoms with Crippen molar-refractivity contribution in [3.8, 4) is 11.5 Å². The Labute approximate surface area is 137 Å². The van der Waals surface area contributed by atoms with Gasteiger partial charge in [-0.15, -0.1) is 13.2 Å². The molecule has 1 aromatic carbocycles.